The number of anilines is 2. The molecule has 0 spiro atoms. The van der Waals surface area contributed by atoms with Crippen LogP contribution in [0.1, 0.15) is 50.9 Å². The quantitative estimate of drug-likeness (QED) is 0.363. The van der Waals surface area contributed by atoms with Gasteiger partial charge in [-0.05, 0) is 63.7 Å². The number of nitrogens with zero attached hydrogens (tertiary/aromatic N) is 6. The number of allylic oxidation sites excluding steroid dienone is 3. The molecule has 6 rings (SSSR count). The highest BCUT2D eigenvalue weighted by atomic mass is 15.3. The van der Waals surface area contributed by atoms with Gasteiger partial charge >= 0.3 is 0 Å². The molecule has 4 aromatic rings. The first-order chi connectivity index (χ1) is 18.4. The van der Waals surface area contributed by atoms with Crippen molar-refractivity contribution in [3.8, 4) is 22.5 Å². The summed E-state index contributed by atoms with van der Waals surface area (Å²) >= 11 is 0. The van der Waals surface area contributed by atoms with E-state index >= 15 is 0 Å². The van der Waals surface area contributed by atoms with E-state index in [1.807, 2.05) is 34.9 Å². The molecule has 1 aliphatic carbocycles. The van der Waals surface area contributed by atoms with Crippen LogP contribution in [0.2, 0.25) is 0 Å². The standard InChI is InChI=1S/C30H34N8/c1-6-38-16-14-25(36-38)33-30-32-17-23-11-12-24-27(28(23)34-30)29(37(5)35-24)22-9-7-21(8-10-22)26-19(3)18(2)13-15-31-20(26)4/h7-10,14,16-17,31H,6,11-13,15H2,1-5H3,(H,32,33,34,36). The largest absolute Gasteiger partial charge is 0.388 e. The molecule has 0 fully saturated rings. The summed E-state index contributed by atoms with van der Waals surface area (Å²) < 4.78 is 3.88. The van der Waals surface area contributed by atoms with Gasteiger partial charge in [-0.2, -0.15) is 10.2 Å². The first-order valence-electron chi connectivity index (χ1n) is 13.4. The lowest BCUT2D eigenvalue weighted by Crippen LogP contribution is -2.12. The Balaban J connectivity index is 1.39. The first kappa shape index (κ1) is 24.2. The summed E-state index contributed by atoms with van der Waals surface area (Å²) in [5.41, 5.74) is 13.1. The minimum absolute atomic E-state index is 0.545. The van der Waals surface area contributed by atoms with Crippen LogP contribution in [-0.2, 0) is 26.4 Å². The summed E-state index contributed by atoms with van der Waals surface area (Å²) in [6.45, 7) is 10.5. The summed E-state index contributed by atoms with van der Waals surface area (Å²) in [6, 6.07) is 10.8. The highest BCUT2D eigenvalue weighted by Crippen LogP contribution is 2.40. The van der Waals surface area contributed by atoms with Crippen LogP contribution in [-0.4, -0.2) is 36.1 Å². The van der Waals surface area contributed by atoms with Crippen LogP contribution in [0.25, 0.3) is 28.1 Å². The van der Waals surface area contributed by atoms with Crippen molar-refractivity contribution in [3.63, 3.8) is 0 Å². The van der Waals surface area contributed by atoms with Gasteiger partial charge in [0.15, 0.2) is 5.82 Å². The van der Waals surface area contributed by atoms with Gasteiger partial charge in [0.05, 0.1) is 17.1 Å². The Kier molecular flexibility index (Phi) is 6.10. The van der Waals surface area contributed by atoms with Crippen molar-refractivity contribution < 1.29 is 0 Å². The summed E-state index contributed by atoms with van der Waals surface area (Å²) in [4.78, 5) is 9.55. The molecular formula is C30H34N8. The third-order valence-corrected chi connectivity index (χ3v) is 7.78. The molecule has 8 nitrogen and oxygen atoms in total. The maximum absolute atomic E-state index is 4.97. The number of hydrogen-bond donors (Lipinski definition) is 2. The van der Waals surface area contributed by atoms with E-state index in [0.717, 1.165) is 71.9 Å². The Labute approximate surface area is 223 Å². The summed E-state index contributed by atoms with van der Waals surface area (Å²) in [6.07, 6.45) is 6.73. The maximum atomic E-state index is 4.97. The zero-order valence-corrected chi connectivity index (χ0v) is 22.8. The second-order valence-corrected chi connectivity index (χ2v) is 10.2. The van der Waals surface area contributed by atoms with E-state index in [1.54, 1.807) is 0 Å². The van der Waals surface area contributed by atoms with Crippen molar-refractivity contribution in [1.82, 2.24) is 34.8 Å². The van der Waals surface area contributed by atoms with Gasteiger partial charge in [0.2, 0.25) is 5.95 Å². The molecule has 0 radical (unpaired) electrons. The normalized spacial score (nSPS) is 15.2. The van der Waals surface area contributed by atoms with Gasteiger partial charge in [-0.1, -0.05) is 29.8 Å². The Morgan fingerprint density at radius 3 is 2.53 bits per heavy atom. The second-order valence-electron chi connectivity index (χ2n) is 10.2. The molecule has 194 valence electrons. The Bertz CT molecular complexity index is 1580. The number of fused-ring (bicyclic) bond motifs is 3. The lowest BCUT2D eigenvalue weighted by atomic mass is 9.90. The van der Waals surface area contributed by atoms with Crippen LogP contribution in [0, 0.1) is 0 Å². The lowest BCUT2D eigenvalue weighted by molar-refractivity contribution is 0.662. The zero-order chi connectivity index (χ0) is 26.4. The van der Waals surface area contributed by atoms with E-state index in [-0.39, 0.29) is 0 Å². The fraction of sp³-hybridized carbons (Fsp3) is 0.333. The molecule has 2 aliphatic rings. The van der Waals surface area contributed by atoms with E-state index < -0.39 is 0 Å². The molecule has 1 aromatic carbocycles. The molecule has 38 heavy (non-hydrogen) atoms. The molecule has 0 amide bonds. The van der Waals surface area contributed by atoms with E-state index in [2.05, 4.69) is 72.7 Å². The molecule has 8 heteroatoms. The van der Waals surface area contributed by atoms with Crippen LogP contribution in [0.5, 0.6) is 0 Å². The summed E-state index contributed by atoms with van der Waals surface area (Å²) in [5.74, 6) is 1.28. The minimum atomic E-state index is 0.545. The number of nitrogens with one attached hydrogen (secondary N) is 2. The smallest absolute Gasteiger partial charge is 0.228 e. The van der Waals surface area contributed by atoms with E-state index in [1.165, 1.54) is 28.0 Å². The third-order valence-electron chi connectivity index (χ3n) is 7.78. The number of aryl methyl sites for hydroxylation is 4. The molecule has 3 aromatic heterocycles. The van der Waals surface area contributed by atoms with E-state index in [9.17, 15) is 0 Å². The van der Waals surface area contributed by atoms with Crippen LogP contribution >= 0.6 is 0 Å². The van der Waals surface area contributed by atoms with Crippen molar-refractivity contribution in [2.24, 2.45) is 7.05 Å². The molecule has 2 N–H and O–H groups in total. The summed E-state index contributed by atoms with van der Waals surface area (Å²) in [5, 5.41) is 16.3. The third kappa shape index (κ3) is 4.20. The predicted molar refractivity (Wildman–Crippen MR) is 152 cm³/mol. The van der Waals surface area contributed by atoms with E-state index in [4.69, 9.17) is 10.1 Å². The van der Waals surface area contributed by atoms with Gasteiger partial charge in [-0.15, -0.1) is 0 Å². The number of hydrogen-bond acceptors (Lipinski definition) is 6. The van der Waals surface area contributed by atoms with Crippen LogP contribution in [0.4, 0.5) is 11.8 Å². The highest BCUT2D eigenvalue weighted by Gasteiger charge is 2.27. The van der Waals surface area contributed by atoms with Crippen molar-refractivity contribution in [2.45, 2.75) is 53.5 Å². The van der Waals surface area contributed by atoms with Gasteiger partial charge in [0, 0.05) is 61.0 Å². The predicted octanol–water partition coefficient (Wildman–Crippen LogP) is 5.66. The monoisotopic (exact) mass is 506 g/mol. The SMILES string of the molecule is CCn1ccc(Nc2ncc3c(n2)-c2c(nn(C)c2-c2ccc(C4=C(C)NCCC(C)=C4C)cc2)CC3)n1. The molecule has 0 unspecified atom stereocenters. The van der Waals surface area contributed by atoms with E-state index in [0.29, 0.717) is 5.95 Å². The molecular weight excluding hydrogens is 472 g/mol. The Hall–Kier alpha value is -4.20. The molecule has 0 atom stereocenters. The van der Waals surface area contributed by atoms with Crippen molar-refractivity contribution in [2.75, 3.05) is 11.9 Å². The molecule has 0 bridgehead atoms. The second kappa shape index (κ2) is 9.59. The molecule has 1 aliphatic heterocycles. The van der Waals surface area contributed by atoms with Crippen molar-refractivity contribution in [1.29, 1.82) is 0 Å². The summed E-state index contributed by atoms with van der Waals surface area (Å²) in [7, 11) is 2.02. The number of benzene rings is 1. The van der Waals surface area contributed by atoms with Gasteiger partial charge < -0.3 is 10.6 Å². The Morgan fingerprint density at radius 2 is 1.76 bits per heavy atom. The number of rotatable bonds is 5. The van der Waals surface area contributed by atoms with Gasteiger partial charge in [-0.3, -0.25) is 9.36 Å². The first-order valence-corrected chi connectivity index (χ1v) is 13.4. The van der Waals surface area contributed by atoms with Crippen LogP contribution in [0.3, 0.4) is 0 Å². The fourth-order valence-corrected chi connectivity index (χ4v) is 5.61. The van der Waals surface area contributed by atoms with Crippen molar-refractivity contribution >= 4 is 17.3 Å². The molecule has 0 saturated heterocycles. The van der Waals surface area contributed by atoms with Gasteiger partial charge in [-0.25, -0.2) is 9.97 Å². The number of aromatic nitrogens is 6. The maximum Gasteiger partial charge on any atom is 0.228 e. The van der Waals surface area contributed by atoms with Gasteiger partial charge in [0.25, 0.3) is 0 Å². The lowest BCUT2D eigenvalue weighted by Gasteiger charge is -2.17. The van der Waals surface area contributed by atoms with Crippen LogP contribution < -0.4 is 10.6 Å². The van der Waals surface area contributed by atoms with Crippen molar-refractivity contribution in [3.05, 3.63) is 76.4 Å². The fourth-order valence-electron chi connectivity index (χ4n) is 5.61. The van der Waals surface area contributed by atoms with Crippen LogP contribution in [0.15, 0.2) is 59.6 Å². The minimum Gasteiger partial charge on any atom is -0.388 e. The molecule has 4 heterocycles. The Morgan fingerprint density at radius 1 is 0.974 bits per heavy atom. The van der Waals surface area contributed by atoms with Gasteiger partial charge in [0.1, 0.15) is 0 Å². The average molecular weight is 507 g/mol. The molecule has 0 saturated carbocycles. The topological polar surface area (TPSA) is 85.5 Å². The zero-order valence-electron chi connectivity index (χ0n) is 22.8. The highest BCUT2D eigenvalue weighted by molar-refractivity contribution is 5.86. The average Bonchev–Trinajstić information content (AvgIpc) is 3.49.